The Morgan fingerprint density at radius 3 is 2.05 bits per heavy atom. The topological polar surface area (TPSA) is 75.6 Å². The molecule has 1 unspecified atom stereocenters. The van der Waals surface area contributed by atoms with Crippen LogP contribution in [0, 0.1) is 11.6 Å². The van der Waals surface area contributed by atoms with Crippen molar-refractivity contribution in [2.24, 2.45) is 0 Å². The number of hydrogen-bond acceptors (Lipinski definition) is 3. The minimum atomic E-state index is -1.69. The van der Waals surface area contributed by atoms with Crippen LogP contribution < -0.4 is 5.32 Å². The quantitative estimate of drug-likeness (QED) is 0.896. The van der Waals surface area contributed by atoms with Crippen LogP contribution in [0.2, 0.25) is 0 Å². The van der Waals surface area contributed by atoms with Crippen molar-refractivity contribution in [3.63, 3.8) is 0 Å². The zero-order valence-electron chi connectivity index (χ0n) is 12.9. The second kappa shape index (κ2) is 6.29. The van der Waals surface area contributed by atoms with Crippen LogP contribution in [0.25, 0.3) is 0 Å². The van der Waals surface area contributed by atoms with Gasteiger partial charge in [-0.15, -0.1) is 0 Å². The van der Waals surface area contributed by atoms with E-state index in [1.807, 2.05) is 0 Å². The minimum Gasteiger partial charge on any atom is -0.481 e. The fourth-order valence-corrected chi connectivity index (χ4v) is 1.74. The van der Waals surface area contributed by atoms with Crippen molar-refractivity contribution in [1.29, 1.82) is 0 Å². The molecule has 0 bridgehead atoms. The molecule has 0 heterocycles. The van der Waals surface area contributed by atoms with E-state index in [-0.39, 0.29) is 12.1 Å². The van der Waals surface area contributed by atoms with Gasteiger partial charge in [-0.3, -0.25) is 4.79 Å². The molecule has 22 heavy (non-hydrogen) atoms. The lowest BCUT2D eigenvalue weighted by Crippen LogP contribution is -2.45. The maximum absolute atomic E-state index is 13.3. The Morgan fingerprint density at radius 1 is 1.14 bits per heavy atom. The number of benzene rings is 1. The largest absolute Gasteiger partial charge is 0.481 e. The van der Waals surface area contributed by atoms with Crippen LogP contribution in [-0.2, 0) is 14.9 Å². The van der Waals surface area contributed by atoms with Crippen molar-refractivity contribution in [2.75, 3.05) is 6.54 Å². The Bertz CT molecular complexity index is 563. The van der Waals surface area contributed by atoms with Crippen LogP contribution in [-0.4, -0.2) is 29.3 Å². The number of ether oxygens (including phenoxy) is 1. The molecule has 0 spiro atoms. The highest BCUT2D eigenvalue weighted by Gasteiger charge is 2.37. The van der Waals surface area contributed by atoms with Gasteiger partial charge in [-0.25, -0.2) is 13.6 Å². The number of carboxylic acid groups (broad SMARTS) is 1. The number of rotatable bonds is 4. The summed E-state index contributed by atoms with van der Waals surface area (Å²) in [5, 5.41) is 11.7. The monoisotopic (exact) mass is 315 g/mol. The molecule has 0 saturated heterocycles. The van der Waals surface area contributed by atoms with Gasteiger partial charge < -0.3 is 15.2 Å². The number of aliphatic carboxylic acids is 1. The summed E-state index contributed by atoms with van der Waals surface area (Å²) in [4.78, 5) is 23.1. The number of alkyl carbamates (subject to hydrolysis) is 1. The average molecular weight is 315 g/mol. The van der Waals surface area contributed by atoms with Crippen molar-refractivity contribution < 1.29 is 28.2 Å². The van der Waals surface area contributed by atoms with Crippen LogP contribution in [0.15, 0.2) is 18.2 Å². The zero-order valence-corrected chi connectivity index (χ0v) is 12.9. The minimum absolute atomic E-state index is 0.0893. The van der Waals surface area contributed by atoms with E-state index >= 15 is 0 Å². The number of hydrogen-bond donors (Lipinski definition) is 2. The highest BCUT2D eigenvalue weighted by atomic mass is 19.1. The van der Waals surface area contributed by atoms with Gasteiger partial charge in [-0.05, 0) is 45.4 Å². The van der Waals surface area contributed by atoms with E-state index in [9.17, 15) is 23.5 Å². The Hall–Kier alpha value is -2.18. The Balaban J connectivity index is 2.97. The summed E-state index contributed by atoms with van der Waals surface area (Å²) >= 11 is 0. The molecule has 0 saturated carbocycles. The lowest BCUT2D eigenvalue weighted by atomic mass is 9.82. The maximum Gasteiger partial charge on any atom is 0.407 e. The van der Waals surface area contributed by atoms with Crippen molar-refractivity contribution in [1.82, 2.24) is 5.32 Å². The summed E-state index contributed by atoms with van der Waals surface area (Å²) in [6.45, 7) is 5.86. The first kappa shape index (κ1) is 17.9. The van der Waals surface area contributed by atoms with E-state index < -0.39 is 34.7 Å². The van der Waals surface area contributed by atoms with Crippen LogP contribution in [0.1, 0.15) is 33.3 Å². The number of halogens is 2. The fraction of sp³-hybridized carbons (Fsp3) is 0.467. The molecule has 0 aliphatic heterocycles. The Labute approximate surface area is 127 Å². The molecule has 0 fully saturated rings. The third kappa shape index (κ3) is 4.68. The average Bonchev–Trinajstić information content (AvgIpc) is 2.32. The highest BCUT2D eigenvalue weighted by Crippen LogP contribution is 2.25. The molecule has 0 aromatic heterocycles. The summed E-state index contributed by atoms with van der Waals surface area (Å²) in [6, 6.07) is 2.50. The van der Waals surface area contributed by atoms with Gasteiger partial charge >= 0.3 is 12.1 Å². The molecule has 0 radical (unpaired) electrons. The number of amides is 1. The predicted molar refractivity (Wildman–Crippen MR) is 75.6 cm³/mol. The first-order valence-corrected chi connectivity index (χ1v) is 6.61. The fourth-order valence-electron chi connectivity index (χ4n) is 1.74. The molecular formula is C15H19F2NO4. The Kier molecular flexibility index (Phi) is 5.11. The molecule has 1 rings (SSSR count). The summed E-state index contributed by atoms with van der Waals surface area (Å²) in [6.07, 6.45) is -0.808. The number of nitrogens with one attached hydrogen (secondary N) is 1. The number of carbonyl (C=O) groups is 2. The molecule has 1 aromatic carbocycles. The second-order valence-corrected chi connectivity index (χ2v) is 6.15. The second-order valence-electron chi connectivity index (χ2n) is 6.15. The third-order valence-corrected chi connectivity index (χ3v) is 2.96. The Morgan fingerprint density at radius 2 is 1.64 bits per heavy atom. The van der Waals surface area contributed by atoms with Crippen LogP contribution >= 0.6 is 0 Å². The maximum atomic E-state index is 13.3. The lowest BCUT2D eigenvalue weighted by molar-refractivity contribution is -0.143. The summed E-state index contributed by atoms with van der Waals surface area (Å²) in [7, 11) is 0. The molecule has 5 nitrogen and oxygen atoms in total. The van der Waals surface area contributed by atoms with Gasteiger partial charge in [0.15, 0.2) is 0 Å². The number of carboxylic acids is 1. The molecule has 0 aliphatic rings. The molecule has 1 aromatic rings. The lowest BCUT2D eigenvalue weighted by Gasteiger charge is -2.27. The van der Waals surface area contributed by atoms with Gasteiger partial charge in [-0.1, -0.05) is 0 Å². The van der Waals surface area contributed by atoms with Gasteiger partial charge in [0.05, 0.1) is 0 Å². The summed E-state index contributed by atoms with van der Waals surface area (Å²) < 4.78 is 31.6. The van der Waals surface area contributed by atoms with E-state index in [0.717, 1.165) is 12.1 Å². The molecule has 0 aliphatic carbocycles. The number of carbonyl (C=O) groups excluding carboxylic acids is 1. The van der Waals surface area contributed by atoms with Gasteiger partial charge in [-0.2, -0.15) is 0 Å². The van der Waals surface area contributed by atoms with E-state index in [1.165, 1.54) is 6.92 Å². The van der Waals surface area contributed by atoms with Crippen LogP contribution in [0.3, 0.4) is 0 Å². The smallest absolute Gasteiger partial charge is 0.407 e. The first-order valence-electron chi connectivity index (χ1n) is 6.61. The third-order valence-electron chi connectivity index (χ3n) is 2.96. The molecule has 1 amide bonds. The van der Waals surface area contributed by atoms with E-state index in [2.05, 4.69) is 5.32 Å². The molecule has 122 valence electrons. The molecular weight excluding hydrogens is 296 g/mol. The summed E-state index contributed by atoms with van der Waals surface area (Å²) in [5.41, 5.74) is -2.53. The van der Waals surface area contributed by atoms with E-state index in [4.69, 9.17) is 4.74 Å². The first-order chi connectivity index (χ1) is 9.94. The van der Waals surface area contributed by atoms with E-state index in [0.29, 0.717) is 6.07 Å². The normalized spacial score (nSPS) is 14.1. The van der Waals surface area contributed by atoms with Crippen molar-refractivity contribution >= 4 is 12.1 Å². The predicted octanol–water partition coefficient (Wildman–Crippen LogP) is 2.83. The van der Waals surface area contributed by atoms with Crippen molar-refractivity contribution in [3.05, 3.63) is 35.4 Å². The van der Waals surface area contributed by atoms with Gasteiger partial charge in [0, 0.05) is 12.6 Å². The van der Waals surface area contributed by atoms with Gasteiger partial charge in [0.1, 0.15) is 22.7 Å². The van der Waals surface area contributed by atoms with Gasteiger partial charge in [0.25, 0.3) is 0 Å². The molecule has 1 atom stereocenters. The van der Waals surface area contributed by atoms with Crippen LogP contribution in [0.4, 0.5) is 13.6 Å². The van der Waals surface area contributed by atoms with E-state index in [1.54, 1.807) is 20.8 Å². The van der Waals surface area contributed by atoms with Crippen LogP contribution in [0.5, 0.6) is 0 Å². The standard InChI is InChI=1S/C15H19F2NO4/c1-14(2,3)22-13(21)18-8-15(4,12(19)20)9-5-10(16)7-11(17)6-9/h5-7H,8H2,1-4H3,(H,18,21)(H,19,20). The summed E-state index contributed by atoms with van der Waals surface area (Å²) in [5.74, 6) is -3.10. The highest BCUT2D eigenvalue weighted by molar-refractivity contribution is 5.82. The van der Waals surface area contributed by atoms with Crippen molar-refractivity contribution in [3.8, 4) is 0 Å². The van der Waals surface area contributed by atoms with Gasteiger partial charge in [0.2, 0.25) is 0 Å². The zero-order chi connectivity index (χ0) is 17.1. The molecule has 7 heteroatoms. The SMILES string of the molecule is CC(C)(C)OC(=O)NCC(C)(C(=O)O)c1cc(F)cc(F)c1. The molecule has 2 N–H and O–H groups in total. The van der Waals surface area contributed by atoms with Crippen molar-refractivity contribution in [2.45, 2.75) is 38.7 Å².